The minimum atomic E-state index is -0.0524. The number of fused-ring (bicyclic) bond motifs is 5. The van der Waals surface area contributed by atoms with Crippen molar-refractivity contribution in [1.82, 2.24) is 0 Å². The van der Waals surface area contributed by atoms with Crippen LogP contribution in [0, 0.1) is 28.6 Å². The molecular weight excluding hydrogens is 296 g/mol. The van der Waals surface area contributed by atoms with Crippen LogP contribution in [-0.4, -0.2) is 23.4 Å². The van der Waals surface area contributed by atoms with Gasteiger partial charge in [0.05, 0.1) is 18.3 Å². The molecule has 3 saturated carbocycles. The predicted octanol–water partition coefficient (Wildman–Crippen LogP) is 5.10. The summed E-state index contributed by atoms with van der Waals surface area (Å²) in [4.78, 5) is 0. The maximum Gasteiger partial charge on any atom is 0.0762 e. The summed E-state index contributed by atoms with van der Waals surface area (Å²) in [5.41, 5.74) is 2.30. The van der Waals surface area contributed by atoms with Crippen molar-refractivity contribution in [2.24, 2.45) is 28.6 Å². The van der Waals surface area contributed by atoms with Crippen molar-refractivity contribution in [3.8, 4) is 0 Å². The highest BCUT2D eigenvalue weighted by Gasteiger charge is 2.58. The zero-order valence-electron chi connectivity index (χ0n) is 16.1. The van der Waals surface area contributed by atoms with Gasteiger partial charge in [0, 0.05) is 0 Å². The van der Waals surface area contributed by atoms with Gasteiger partial charge in [-0.1, -0.05) is 25.5 Å². The third-order valence-electron chi connectivity index (χ3n) is 8.47. The summed E-state index contributed by atoms with van der Waals surface area (Å²) >= 11 is 0. The van der Waals surface area contributed by atoms with E-state index in [1.54, 1.807) is 5.57 Å². The highest BCUT2D eigenvalue weighted by atomic mass is 16.5. The highest BCUT2D eigenvalue weighted by molar-refractivity contribution is 5.25. The molecule has 0 heterocycles. The van der Waals surface area contributed by atoms with Crippen LogP contribution in [0.1, 0.15) is 79.1 Å². The number of hydrogen-bond acceptors (Lipinski definition) is 2. The van der Waals surface area contributed by atoms with Gasteiger partial charge in [0.2, 0.25) is 0 Å². The van der Waals surface area contributed by atoms with E-state index in [0.717, 1.165) is 24.2 Å². The molecule has 0 aromatic heterocycles. The Labute approximate surface area is 148 Å². The van der Waals surface area contributed by atoms with Crippen molar-refractivity contribution in [2.75, 3.05) is 0 Å². The third-order valence-corrected chi connectivity index (χ3v) is 8.47. The second kappa shape index (κ2) is 5.84. The SMILES string of the molecule is CC(C)O[C@H]1C=C2CCC3C(CCC4(C)C(O)CCC34)C2(C)CC1. The largest absolute Gasteiger partial charge is 0.393 e. The molecule has 0 aromatic rings. The van der Waals surface area contributed by atoms with Crippen LogP contribution >= 0.6 is 0 Å². The van der Waals surface area contributed by atoms with Crippen molar-refractivity contribution >= 4 is 0 Å². The molecule has 0 aliphatic heterocycles. The van der Waals surface area contributed by atoms with Crippen LogP contribution in [0.15, 0.2) is 11.6 Å². The molecular formula is C22H36O2. The van der Waals surface area contributed by atoms with E-state index < -0.39 is 0 Å². The normalized spacial score (nSPS) is 50.9. The Kier molecular flexibility index (Phi) is 4.16. The van der Waals surface area contributed by atoms with Gasteiger partial charge < -0.3 is 9.84 Å². The number of ether oxygens (including phenoxy) is 1. The Hall–Kier alpha value is -0.340. The number of aliphatic hydroxyl groups is 1. The first-order valence-corrected chi connectivity index (χ1v) is 10.4. The number of rotatable bonds is 2. The first-order valence-electron chi connectivity index (χ1n) is 10.4. The molecule has 4 aliphatic carbocycles. The van der Waals surface area contributed by atoms with Crippen LogP contribution in [0.5, 0.6) is 0 Å². The Balaban J connectivity index is 1.59. The zero-order chi connectivity index (χ0) is 17.1. The van der Waals surface area contributed by atoms with Gasteiger partial charge in [0.25, 0.3) is 0 Å². The first kappa shape index (κ1) is 17.1. The minimum absolute atomic E-state index is 0.0524. The summed E-state index contributed by atoms with van der Waals surface area (Å²) in [5, 5.41) is 10.6. The number of aliphatic hydroxyl groups excluding tert-OH is 1. The third kappa shape index (κ3) is 2.43. The summed E-state index contributed by atoms with van der Waals surface area (Å²) in [6.45, 7) is 9.23. The maximum absolute atomic E-state index is 10.6. The lowest BCUT2D eigenvalue weighted by molar-refractivity contribution is -0.0796. The fourth-order valence-electron chi connectivity index (χ4n) is 7.13. The van der Waals surface area contributed by atoms with Crippen molar-refractivity contribution in [2.45, 2.75) is 97.4 Å². The van der Waals surface area contributed by atoms with E-state index in [-0.39, 0.29) is 11.5 Å². The standard InChI is InChI=1S/C22H36O2/c1-14(2)24-16-9-11-21(3)15(13-16)5-6-17-18-7-8-20(23)22(18,4)12-10-19(17)21/h13-14,16-20,23H,5-12H2,1-4H3/t16-,17?,18?,19?,20?,21?,22?/m1/s1. The van der Waals surface area contributed by atoms with Crippen LogP contribution in [0.2, 0.25) is 0 Å². The topological polar surface area (TPSA) is 29.5 Å². The Morgan fingerprint density at radius 1 is 1.04 bits per heavy atom. The molecule has 4 aliphatic rings. The van der Waals surface area contributed by atoms with Crippen molar-refractivity contribution in [3.63, 3.8) is 0 Å². The van der Waals surface area contributed by atoms with Crippen LogP contribution in [0.3, 0.4) is 0 Å². The molecule has 24 heavy (non-hydrogen) atoms. The zero-order valence-corrected chi connectivity index (χ0v) is 16.1. The smallest absolute Gasteiger partial charge is 0.0762 e. The maximum atomic E-state index is 10.6. The molecule has 4 rings (SSSR count). The van der Waals surface area contributed by atoms with Gasteiger partial charge in [-0.2, -0.15) is 0 Å². The van der Waals surface area contributed by atoms with E-state index in [1.165, 1.54) is 44.9 Å². The van der Waals surface area contributed by atoms with E-state index >= 15 is 0 Å². The molecule has 2 nitrogen and oxygen atoms in total. The number of hydrogen-bond donors (Lipinski definition) is 1. The van der Waals surface area contributed by atoms with Crippen molar-refractivity contribution < 1.29 is 9.84 Å². The van der Waals surface area contributed by atoms with Crippen LogP contribution < -0.4 is 0 Å². The molecule has 0 saturated heterocycles. The lowest BCUT2D eigenvalue weighted by Gasteiger charge is -2.58. The van der Waals surface area contributed by atoms with Crippen LogP contribution in [0.25, 0.3) is 0 Å². The van der Waals surface area contributed by atoms with Gasteiger partial charge >= 0.3 is 0 Å². The fourth-order valence-corrected chi connectivity index (χ4v) is 7.13. The molecule has 136 valence electrons. The van der Waals surface area contributed by atoms with E-state index in [4.69, 9.17) is 4.74 Å². The van der Waals surface area contributed by atoms with Crippen molar-refractivity contribution in [1.29, 1.82) is 0 Å². The van der Waals surface area contributed by atoms with E-state index in [2.05, 4.69) is 33.8 Å². The van der Waals surface area contributed by atoms with E-state index in [1.807, 2.05) is 0 Å². The first-order chi connectivity index (χ1) is 11.3. The predicted molar refractivity (Wildman–Crippen MR) is 97.7 cm³/mol. The van der Waals surface area contributed by atoms with Gasteiger partial charge in [-0.25, -0.2) is 0 Å². The molecule has 3 fully saturated rings. The molecule has 0 radical (unpaired) electrons. The lowest BCUT2D eigenvalue weighted by atomic mass is 9.47. The molecule has 0 spiro atoms. The average molecular weight is 333 g/mol. The molecule has 0 amide bonds. The van der Waals surface area contributed by atoms with E-state index in [9.17, 15) is 5.11 Å². The average Bonchev–Trinajstić information content (AvgIpc) is 2.83. The van der Waals surface area contributed by atoms with Gasteiger partial charge in [-0.05, 0) is 93.8 Å². The minimum Gasteiger partial charge on any atom is -0.393 e. The summed E-state index contributed by atoms with van der Waals surface area (Å²) < 4.78 is 6.11. The molecule has 0 bridgehead atoms. The molecule has 1 N–H and O–H groups in total. The highest BCUT2D eigenvalue weighted by Crippen LogP contribution is 2.65. The summed E-state index contributed by atoms with van der Waals surface area (Å²) in [5.74, 6) is 2.43. The van der Waals surface area contributed by atoms with Crippen LogP contribution in [-0.2, 0) is 4.74 Å². The fraction of sp³-hybridized carbons (Fsp3) is 0.909. The molecule has 2 heteroatoms. The van der Waals surface area contributed by atoms with Crippen LogP contribution in [0.4, 0.5) is 0 Å². The summed E-state index contributed by atoms with van der Waals surface area (Å²) in [7, 11) is 0. The Morgan fingerprint density at radius 3 is 2.58 bits per heavy atom. The molecule has 6 unspecified atom stereocenters. The van der Waals surface area contributed by atoms with Gasteiger partial charge in [0.15, 0.2) is 0 Å². The quantitative estimate of drug-likeness (QED) is 0.713. The second-order valence-corrected chi connectivity index (χ2v) is 9.92. The Morgan fingerprint density at radius 2 is 1.83 bits per heavy atom. The summed E-state index contributed by atoms with van der Waals surface area (Å²) in [6.07, 6.45) is 13.0. The lowest BCUT2D eigenvalue weighted by Crippen LogP contribution is -2.51. The van der Waals surface area contributed by atoms with Gasteiger partial charge in [-0.3, -0.25) is 0 Å². The molecule has 7 atom stereocenters. The van der Waals surface area contributed by atoms with Crippen molar-refractivity contribution in [3.05, 3.63) is 11.6 Å². The molecule has 0 aromatic carbocycles. The Bertz CT molecular complexity index is 524. The van der Waals surface area contributed by atoms with Gasteiger partial charge in [0.1, 0.15) is 0 Å². The summed E-state index contributed by atoms with van der Waals surface area (Å²) in [6, 6.07) is 0. The van der Waals surface area contributed by atoms with Gasteiger partial charge in [-0.15, -0.1) is 0 Å². The monoisotopic (exact) mass is 332 g/mol. The second-order valence-electron chi connectivity index (χ2n) is 9.92. The van der Waals surface area contributed by atoms with E-state index in [0.29, 0.717) is 17.6 Å². The number of allylic oxidation sites excluding steroid dienone is 1.